The van der Waals surface area contributed by atoms with Gasteiger partial charge in [-0.3, -0.25) is 14.9 Å². The summed E-state index contributed by atoms with van der Waals surface area (Å²) in [7, 11) is -3.27. The van der Waals surface area contributed by atoms with E-state index in [0.717, 1.165) is 20.9 Å². The van der Waals surface area contributed by atoms with Crippen LogP contribution in [0.3, 0.4) is 0 Å². The summed E-state index contributed by atoms with van der Waals surface area (Å²) < 4.78 is 24.4. The van der Waals surface area contributed by atoms with Crippen LogP contribution >= 0.6 is 11.3 Å². The second kappa shape index (κ2) is 8.23. The van der Waals surface area contributed by atoms with Gasteiger partial charge in [0.1, 0.15) is 0 Å². The molecule has 0 saturated carbocycles. The van der Waals surface area contributed by atoms with E-state index in [1.807, 2.05) is 0 Å². The third-order valence-corrected chi connectivity index (χ3v) is 7.37. The first-order chi connectivity index (χ1) is 14.7. The molecule has 0 radical (unpaired) electrons. The lowest BCUT2D eigenvalue weighted by Gasteiger charge is -2.34. The van der Waals surface area contributed by atoms with E-state index in [1.165, 1.54) is 29.7 Å². The number of anilines is 1. The van der Waals surface area contributed by atoms with Gasteiger partial charge in [-0.1, -0.05) is 23.5 Å². The summed E-state index contributed by atoms with van der Waals surface area (Å²) in [5.74, 6) is -0.0180. The van der Waals surface area contributed by atoms with Crippen LogP contribution in [0.15, 0.2) is 47.4 Å². The monoisotopic (exact) mass is 460 g/mol. The molecule has 0 aliphatic carbocycles. The number of thiazole rings is 1. The average Bonchev–Trinajstić information content (AvgIpc) is 3.17. The molecule has 31 heavy (non-hydrogen) atoms. The Morgan fingerprint density at radius 1 is 1.13 bits per heavy atom. The molecule has 0 spiro atoms. The molecule has 1 fully saturated rings. The number of nitro benzene ring substituents is 1. The zero-order valence-corrected chi connectivity index (χ0v) is 18.4. The molecular formula is C20H20N4O5S2. The Hall–Kier alpha value is -3.05. The zero-order chi connectivity index (χ0) is 22.2. The fraction of sp³-hybridized carbons (Fsp3) is 0.300. The van der Waals surface area contributed by atoms with Crippen molar-refractivity contribution in [3.63, 3.8) is 0 Å². The lowest BCUT2D eigenvalue weighted by molar-refractivity contribution is -0.384. The number of fused-ring (bicyclic) bond motifs is 1. The number of amides is 1. The number of benzene rings is 2. The minimum Gasteiger partial charge on any atom is -0.345 e. The number of piperazine rings is 1. The Balaban J connectivity index is 1.39. The number of non-ortho nitro benzene ring substituents is 1. The third kappa shape index (κ3) is 4.67. The van der Waals surface area contributed by atoms with Crippen LogP contribution < -0.4 is 4.90 Å². The second-order valence-electron chi connectivity index (χ2n) is 7.37. The van der Waals surface area contributed by atoms with E-state index in [2.05, 4.69) is 9.88 Å². The number of carbonyl (C=O) groups is 1. The van der Waals surface area contributed by atoms with Gasteiger partial charge >= 0.3 is 0 Å². The Kier molecular flexibility index (Phi) is 5.63. The van der Waals surface area contributed by atoms with Gasteiger partial charge in [0.25, 0.3) is 5.69 Å². The van der Waals surface area contributed by atoms with E-state index in [-0.39, 0.29) is 22.9 Å². The predicted octanol–water partition coefficient (Wildman–Crippen LogP) is 2.50. The quantitative estimate of drug-likeness (QED) is 0.424. The molecule has 1 aliphatic rings. The van der Waals surface area contributed by atoms with Crippen molar-refractivity contribution in [3.05, 3.63) is 58.1 Å². The fourth-order valence-electron chi connectivity index (χ4n) is 3.43. The van der Waals surface area contributed by atoms with Crippen molar-refractivity contribution in [2.24, 2.45) is 0 Å². The molecule has 0 bridgehead atoms. The maximum absolute atomic E-state index is 12.6. The first kappa shape index (κ1) is 21.2. The van der Waals surface area contributed by atoms with Crippen LogP contribution in [-0.2, 0) is 21.1 Å². The lowest BCUT2D eigenvalue weighted by Crippen LogP contribution is -2.49. The molecular weight excluding hydrogens is 440 g/mol. The lowest BCUT2D eigenvalue weighted by atomic mass is 10.1. The maximum atomic E-state index is 12.6. The van der Waals surface area contributed by atoms with Crippen molar-refractivity contribution in [1.82, 2.24) is 9.88 Å². The van der Waals surface area contributed by atoms with Crippen molar-refractivity contribution in [2.75, 3.05) is 37.3 Å². The molecule has 1 saturated heterocycles. The summed E-state index contributed by atoms with van der Waals surface area (Å²) in [5, 5.41) is 11.6. The summed E-state index contributed by atoms with van der Waals surface area (Å²) >= 11 is 1.44. The van der Waals surface area contributed by atoms with Crippen molar-refractivity contribution >= 4 is 48.1 Å². The molecule has 162 valence electrons. The highest BCUT2D eigenvalue weighted by Crippen LogP contribution is 2.31. The SMILES string of the molecule is CS(=O)(=O)c1ccc2nc(N3CCN(C(=O)Cc4ccc([N+](=O)[O-])cc4)CC3)sc2c1. The summed E-state index contributed by atoms with van der Waals surface area (Å²) in [6.07, 6.45) is 1.39. The van der Waals surface area contributed by atoms with Crippen molar-refractivity contribution in [3.8, 4) is 0 Å². The van der Waals surface area contributed by atoms with Crippen molar-refractivity contribution in [1.29, 1.82) is 0 Å². The number of sulfone groups is 1. The number of carbonyl (C=O) groups excluding carboxylic acids is 1. The summed E-state index contributed by atoms with van der Waals surface area (Å²) in [6, 6.07) is 11.0. The molecule has 0 unspecified atom stereocenters. The molecule has 2 heterocycles. The average molecular weight is 461 g/mol. The number of hydrogen-bond acceptors (Lipinski definition) is 8. The van der Waals surface area contributed by atoms with E-state index in [9.17, 15) is 23.3 Å². The predicted molar refractivity (Wildman–Crippen MR) is 118 cm³/mol. The van der Waals surface area contributed by atoms with Crippen LogP contribution in [-0.4, -0.2) is 61.6 Å². The highest BCUT2D eigenvalue weighted by Gasteiger charge is 2.23. The number of nitrogens with zero attached hydrogens (tertiary/aromatic N) is 4. The molecule has 4 rings (SSSR count). The number of hydrogen-bond donors (Lipinski definition) is 0. The largest absolute Gasteiger partial charge is 0.345 e. The first-order valence-electron chi connectivity index (χ1n) is 9.57. The molecule has 9 nitrogen and oxygen atoms in total. The van der Waals surface area contributed by atoms with Crippen LogP contribution in [0.25, 0.3) is 10.2 Å². The van der Waals surface area contributed by atoms with E-state index >= 15 is 0 Å². The van der Waals surface area contributed by atoms with Gasteiger partial charge in [0, 0.05) is 44.6 Å². The zero-order valence-electron chi connectivity index (χ0n) is 16.7. The van der Waals surface area contributed by atoms with Gasteiger partial charge in [0.05, 0.1) is 26.5 Å². The summed E-state index contributed by atoms with van der Waals surface area (Å²) in [6.45, 7) is 2.36. The van der Waals surface area contributed by atoms with Crippen LogP contribution in [0.5, 0.6) is 0 Å². The van der Waals surface area contributed by atoms with Crippen molar-refractivity contribution < 1.29 is 18.1 Å². The van der Waals surface area contributed by atoms with E-state index in [0.29, 0.717) is 26.2 Å². The minimum atomic E-state index is -3.27. The smallest absolute Gasteiger partial charge is 0.269 e. The van der Waals surface area contributed by atoms with Gasteiger partial charge in [-0.05, 0) is 23.8 Å². The molecule has 0 N–H and O–H groups in total. The van der Waals surface area contributed by atoms with Crippen LogP contribution in [0.2, 0.25) is 0 Å². The van der Waals surface area contributed by atoms with E-state index < -0.39 is 14.8 Å². The Labute approximate surface area is 183 Å². The normalized spacial score (nSPS) is 14.7. The Morgan fingerprint density at radius 2 is 1.81 bits per heavy atom. The van der Waals surface area contributed by atoms with Gasteiger partial charge in [-0.25, -0.2) is 13.4 Å². The maximum Gasteiger partial charge on any atom is 0.269 e. The van der Waals surface area contributed by atoms with Crippen LogP contribution in [0.4, 0.5) is 10.8 Å². The highest BCUT2D eigenvalue weighted by molar-refractivity contribution is 7.90. The molecule has 3 aromatic rings. The Morgan fingerprint density at radius 3 is 2.42 bits per heavy atom. The Bertz CT molecular complexity index is 1250. The first-order valence-corrected chi connectivity index (χ1v) is 12.3. The molecule has 0 atom stereocenters. The molecule has 2 aromatic carbocycles. The highest BCUT2D eigenvalue weighted by atomic mass is 32.2. The molecule has 1 aromatic heterocycles. The molecule has 1 amide bonds. The third-order valence-electron chi connectivity index (χ3n) is 5.18. The summed E-state index contributed by atoms with van der Waals surface area (Å²) in [4.78, 5) is 31.7. The molecule has 1 aliphatic heterocycles. The van der Waals surface area contributed by atoms with Gasteiger partial charge in [-0.15, -0.1) is 0 Å². The van der Waals surface area contributed by atoms with Crippen LogP contribution in [0, 0.1) is 10.1 Å². The van der Waals surface area contributed by atoms with Gasteiger partial charge in [0.15, 0.2) is 15.0 Å². The minimum absolute atomic E-state index is 0.00399. The fourth-order valence-corrected chi connectivity index (χ4v) is 5.21. The van der Waals surface area contributed by atoms with Gasteiger partial charge in [-0.2, -0.15) is 0 Å². The summed E-state index contributed by atoms with van der Waals surface area (Å²) in [5.41, 5.74) is 1.50. The second-order valence-corrected chi connectivity index (χ2v) is 10.4. The number of nitro groups is 1. The van der Waals surface area contributed by atoms with E-state index in [4.69, 9.17) is 0 Å². The number of aromatic nitrogens is 1. The van der Waals surface area contributed by atoms with Gasteiger partial charge < -0.3 is 9.80 Å². The van der Waals surface area contributed by atoms with Gasteiger partial charge in [0.2, 0.25) is 5.91 Å². The molecule has 11 heteroatoms. The number of rotatable bonds is 5. The van der Waals surface area contributed by atoms with E-state index in [1.54, 1.807) is 35.2 Å². The van der Waals surface area contributed by atoms with Crippen molar-refractivity contribution in [2.45, 2.75) is 11.3 Å². The van der Waals surface area contributed by atoms with Crippen LogP contribution in [0.1, 0.15) is 5.56 Å². The topological polar surface area (TPSA) is 114 Å². The standard InChI is InChI=1S/C20H20N4O5S2/c1-31(28,29)16-6-7-17-18(13-16)30-20(21-17)23-10-8-22(9-11-23)19(25)12-14-2-4-15(5-3-14)24(26)27/h2-7,13H,8-12H2,1H3.